The number of amides is 2. The number of aromatic nitrogens is 1. The van der Waals surface area contributed by atoms with Crippen LogP contribution >= 0.6 is 11.8 Å². The summed E-state index contributed by atoms with van der Waals surface area (Å²) in [5, 5.41) is 7.07. The van der Waals surface area contributed by atoms with E-state index in [1.54, 1.807) is 11.8 Å². The standard InChI is InChI=1S/C20H23N3OS/c24-20(22-13-16-25-18-8-2-1-3-9-18)21-12-6-14-23-15-11-17-7-4-5-10-19(17)23/h1-5,7-11,15H,6,12-14,16H2,(H2,21,22,24). The molecular weight excluding hydrogens is 330 g/mol. The molecule has 1 heterocycles. The van der Waals surface area contributed by atoms with E-state index in [0.29, 0.717) is 13.1 Å². The predicted octanol–water partition coefficient (Wildman–Crippen LogP) is 4.12. The number of carbonyl (C=O) groups excluding carboxylic acids is 1. The van der Waals surface area contributed by atoms with E-state index in [-0.39, 0.29) is 6.03 Å². The van der Waals surface area contributed by atoms with Crippen molar-refractivity contribution in [1.82, 2.24) is 15.2 Å². The molecule has 0 aliphatic rings. The fourth-order valence-electron chi connectivity index (χ4n) is 2.70. The molecule has 4 nitrogen and oxygen atoms in total. The molecule has 0 radical (unpaired) electrons. The van der Waals surface area contributed by atoms with Crippen LogP contribution in [0.2, 0.25) is 0 Å². The molecule has 0 spiro atoms. The van der Waals surface area contributed by atoms with Crippen molar-refractivity contribution in [3.05, 3.63) is 66.9 Å². The van der Waals surface area contributed by atoms with Crippen LogP contribution in [0, 0.1) is 0 Å². The van der Waals surface area contributed by atoms with Gasteiger partial charge in [-0.2, -0.15) is 0 Å². The Bertz CT molecular complexity index is 801. The molecule has 5 heteroatoms. The van der Waals surface area contributed by atoms with Gasteiger partial charge in [-0.05, 0) is 36.1 Å². The first kappa shape index (κ1) is 17.4. The van der Waals surface area contributed by atoms with Crippen LogP contribution in [0.3, 0.4) is 0 Å². The summed E-state index contributed by atoms with van der Waals surface area (Å²) in [6.45, 7) is 2.23. The molecule has 0 aliphatic heterocycles. The molecule has 2 N–H and O–H groups in total. The normalized spacial score (nSPS) is 10.7. The molecule has 0 atom stereocenters. The third-order valence-electron chi connectivity index (χ3n) is 3.94. The minimum absolute atomic E-state index is 0.0916. The van der Waals surface area contributed by atoms with Crippen molar-refractivity contribution >= 4 is 28.7 Å². The second kappa shape index (κ2) is 9.18. The van der Waals surface area contributed by atoms with E-state index in [2.05, 4.69) is 63.9 Å². The third kappa shape index (κ3) is 5.29. The molecule has 0 saturated heterocycles. The van der Waals surface area contributed by atoms with E-state index >= 15 is 0 Å². The minimum Gasteiger partial charge on any atom is -0.347 e. The SMILES string of the molecule is O=C(NCCCn1ccc2ccccc21)NCCSc1ccccc1. The van der Waals surface area contributed by atoms with E-state index in [9.17, 15) is 4.79 Å². The average Bonchev–Trinajstić information content (AvgIpc) is 3.06. The van der Waals surface area contributed by atoms with E-state index < -0.39 is 0 Å². The molecule has 2 amide bonds. The van der Waals surface area contributed by atoms with Crippen LogP contribution in [-0.4, -0.2) is 29.4 Å². The van der Waals surface area contributed by atoms with E-state index in [1.165, 1.54) is 15.8 Å². The van der Waals surface area contributed by atoms with Gasteiger partial charge in [0.05, 0.1) is 0 Å². The zero-order valence-corrected chi connectivity index (χ0v) is 15.0. The number of fused-ring (bicyclic) bond motifs is 1. The van der Waals surface area contributed by atoms with Gasteiger partial charge >= 0.3 is 6.03 Å². The molecule has 0 saturated carbocycles. The van der Waals surface area contributed by atoms with Gasteiger partial charge in [0.15, 0.2) is 0 Å². The van der Waals surface area contributed by atoms with E-state index in [4.69, 9.17) is 0 Å². The number of carbonyl (C=O) groups is 1. The summed E-state index contributed by atoms with van der Waals surface area (Å²) in [6, 6.07) is 20.6. The van der Waals surface area contributed by atoms with Crippen molar-refractivity contribution in [1.29, 1.82) is 0 Å². The second-order valence-electron chi connectivity index (χ2n) is 5.77. The number of aryl methyl sites for hydroxylation is 1. The number of nitrogens with zero attached hydrogens (tertiary/aromatic N) is 1. The molecular formula is C20H23N3OS. The van der Waals surface area contributed by atoms with Crippen LogP contribution in [0.15, 0.2) is 71.8 Å². The number of hydrogen-bond donors (Lipinski definition) is 2. The number of benzene rings is 2. The fourth-order valence-corrected chi connectivity index (χ4v) is 3.49. The summed E-state index contributed by atoms with van der Waals surface area (Å²) in [4.78, 5) is 13.0. The van der Waals surface area contributed by atoms with Gasteiger partial charge in [0, 0.05) is 42.0 Å². The van der Waals surface area contributed by atoms with E-state index in [0.717, 1.165) is 18.7 Å². The first-order valence-electron chi connectivity index (χ1n) is 8.56. The molecule has 130 valence electrons. The van der Waals surface area contributed by atoms with Gasteiger partial charge in [-0.1, -0.05) is 36.4 Å². The van der Waals surface area contributed by atoms with Crippen LogP contribution in [0.4, 0.5) is 4.79 Å². The Hall–Kier alpha value is -2.40. The zero-order valence-electron chi connectivity index (χ0n) is 14.2. The van der Waals surface area contributed by atoms with Gasteiger partial charge in [-0.15, -0.1) is 11.8 Å². The Balaban J connectivity index is 1.29. The first-order valence-corrected chi connectivity index (χ1v) is 9.55. The zero-order chi connectivity index (χ0) is 17.3. The third-order valence-corrected chi connectivity index (χ3v) is 4.95. The summed E-state index contributed by atoms with van der Waals surface area (Å²) in [5.41, 5.74) is 1.24. The Morgan fingerprint density at radius 3 is 2.56 bits per heavy atom. The molecule has 0 fully saturated rings. The highest BCUT2D eigenvalue weighted by atomic mass is 32.2. The van der Waals surface area contributed by atoms with Crippen molar-refractivity contribution in [3.8, 4) is 0 Å². The molecule has 0 unspecified atom stereocenters. The van der Waals surface area contributed by atoms with Crippen LogP contribution in [-0.2, 0) is 6.54 Å². The predicted molar refractivity (Wildman–Crippen MR) is 105 cm³/mol. The minimum atomic E-state index is -0.0916. The molecule has 0 aliphatic carbocycles. The van der Waals surface area contributed by atoms with Crippen LogP contribution in [0.5, 0.6) is 0 Å². The largest absolute Gasteiger partial charge is 0.347 e. The van der Waals surface area contributed by atoms with Gasteiger partial charge < -0.3 is 15.2 Å². The molecule has 0 bridgehead atoms. The number of thioether (sulfide) groups is 1. The Kier molecular flexibility index (Phi) is 6.40. The van der Waals surface area contributed by atoms with Crippen molar-refractivity contribution in [2.24, 2.45) is 0 Å². The topological polar surface area (TPSA) is 46.1 Å². The van der Waals surface area contributed by atoms with E-state index in [1.807, 2.05) is 18.2 Å². The number of nitrogens with one attached hydrogen (secondary N) is 2. The summed E-state index contributed by atoms with van der Waals surface area (Å²) in [5.74, 6) is 0.868. The lowest BCUT2D eigenvalue weighted by Crippen LogP contribution is -2.37. The lowest BCUT2D eigenvalue weighted by atomic mass is 10.2. The Labute approximate surface area is 152 Å². The van der Waals surface area contributed by atoms with Crippen molar-refractivity contribution in [2.45, 2.75) is 17.9 Å². The molecule has 1 aromatic heterocycles. The highest BCUT2D eigenvalue weighted by Gasteiger charge is 2.01. The monoisotopic (exact) mass is 353 g/mol. The summed E-state index contributed by atoms with van der Waals surface area (Å²) >= 11 is 1.74. The number of para-hydroxylation sites is 1. The van der Waals surface area contributed by atoms with Gasteiger partial charge in [0.25, 0.3) is 0 Å². The summed E-state index contributed by atoms with van der Waals surface area (Å²) in [7, 11) is 0. The molecule has 2 aromatic carbocycles. The van der Waals surface area contributed by atoms with Gasteiger partial charge in [-0.3, -0.25) is 0 Å². The quantitative estimate of drug-likeness (QED) is 0.473. The highest BCUT2D eigenvalue weighted by molar-refractivity contribution is 7.99. The first-order chi connectivity index (χ1) is 12.3. The van der Waals surface area contributed by atoms with Gasteiger partial charge in [0.1, 0.15) is 0 Å². The maximum atomic E-state index is 11.8. The number of hydrogen-bond acceptors (Lipinski definition) is 2. The molecule has 3 aromatic rings. The lowest BCUT2D eigenvalue weighted by molar-refractivity contribution is 0.241. The maximum absolute atomic E-state index is 11.8. The highest BCUT2D eigenvalue weighted by Crippen LogP contribution is 2.16. The number of urea groups is 1. The van der Waals surface area contributed by atoms with Crippen molar-refractivity contribution in [3.63, 3.8) is 0 Å². The average molecular weight is 353 g/mol. The molecule has 25 heavy (non-hydrogen) atoms. The molecule has 3 rings (SSSR count). The number of rotatable bonds is 8. The van der Waals surface area contributed by atoms with Crippen LogP contribution in [0.1, 0.15) is 6.42 Å². The second-order valence-corrected chi connectivity index (χ2v) is 6.93. The van der Waals surface area contributed by atoms with Gasteiger partial charge in [-0.25, -0.2) is 4.79 Å². The lowest BCUT2D eigenvalue weighted by Gasteiger charge is -2.09. The van der Waals surface area contributed by atoms with Crippen molar-refractivity contribution in [2.75, 3.05) is 18.8 Å². The maximum Gasteiger partial charge on any atom is 0.314 e. The smallest absolute Gasteiger partial charge is 0.314 e. The fraction of sp³-hybridized carbons (Fsp3) is 0.250. The summed E-state index contributed by atoms with van der Waals surface area (Å²) < 4.78 is 2.23. The van der Waals surface area contributed by atoms with Crippen LogP contribution < -0.4 is 10.6 Å². The van der Waals surface area contributed by atoms with Gasteiger partial charge in [0.2, 0.25) is 0 Å². The van der Waals surface area contributed by atoms with Crippen molar-refractivity contribution < 1.29 is 4.79 Å². The van der Waals surface area contributed by atoms with Crippen LogP contribution in [0.25, 0.3) is 10.9 Å². The Morgan fingerprint density at radius 1 is 0.920 bits per heavy atom. The summed E-state index contributed by atoms with van der Waals surface area (Å²) in [6.07, 6.45) is 3.01. The Morgan fingerprint density at radius 2 is 1.68 bits per heavy atom.